The number of thiophene rings is 2. The standard InChI is InChI=1S/C24H20N2O2S2/c27-23-19(13-21(29-23)17-7-3-1-4-8-17)15-25-11-12-26-16-20-14-22(30-24(20)28)18-9-5-2-6-10-18/h1-10,13-16,27-28H,11-12H2. The number of benzene rings is 2. The topological polar surface area (TPSA) is 65.2 Å². The molecule has 0 aliphatic carbocycles. The van der Waals surface area contributed by atoms with Crippen LogP contribution in [0, 0.1) is 0 Å². The summed E-state index contributed by atoms with van der Waals surface area (Å²) in [5, 5.41) is 20.8. The molecular formula is C24H20N2O2S2. The average molecular weight is 433 g/mol. The first-order chi connectivity index (χ1) is 14.7. The molecule has 2 aromatic heterocycles. The molecule has 30 heavy (non-hydrogen) atoms. The van der Waals surface area contributed by atoms with Gasteiger partial charge < -0.3 is 10.2 Å². The molecule has 0 spiro atoms. The molecule has 4 aromatic rings. The largest absolute Gasteiger partial charge is 0.499 e. The van der Waals surface area contributed by atoms with Crippen molar-refractivity contribution in [1.82, 2.24) is 0 Å². The normalized spacial score (nSPS) is 11.6. The summed E-state index contributed by atoms with van der Waals surface area (Å²) >= 11 is 2.69. The highest BCUT2D eigenvalue weighted by Crippen LogP contribution is 2.36. The Hall–Kier alpha value is -3.22. The molecule has 0 saturated heterocycles. The van der Waals surface area contributed by atoms with Crippen molar-refractivity contribution < 1.29 is 10.2 Å². The number of aromatic hydroxyl groups is 2. The van der Waals surface area contributed by atoms with Gasteiger partial charge in [-0.3, -0.25) is 9.98 Å². The summed E-state index contributed by atoms with van der Waals surface area (Å²) in [5.41, 5.74) is 3.58. The van der Waals surface area contributed by atoms with Crippen LogP contribution in [-0.2, 0) is 0 Å². The van der Waals surface area contributed by atoms with E-state index in [9.17, 15) is 10.2 Å². The van der Waals surface area contributed by atoms with Gasteiger partial charge in [-0.2, -0.15) is 0 Å². The van der Waals surface area contributed by atoms with Gasteiger partial charge >= 0.3 is 0 Å². The zero-order valence-corrected chi connectivity index (χ0v) is 17.7. The lowest BCUT2D eigenvalue weighted by atomic mass is 10.2. The van der Waals surface area contributed by atoms with Gasteiger partial charge in [0.15, 0.2) is 10.1 Å². The molecule has 0 bridgehead atoms. The minimum absolute atomic E-state index is 0.262. The number of rotatable bonds is 7. The van der Waals surface area contributed by atoms with Crippen molar-refractivity contribution in [1.29, 1.82) is 0 Å². The number of nitrogens with zero attached hydrogens (tertiary/aromatic N) is 2. The number of aliphatic imine (C=N–C) groups is 2. The van der Waals surface area contributed by atoms with Crippen molar-refractivity contribution in [2.45, 2.75) is 0 Å². The summed E-state index contributed by atoms with van der Waals surface area (Å²) in [5.74, 6) is 0. The van der Waals surface area contributed by atoms with Crippen LogP contribution in [0.4, 0.5) is 0 Å². The van der Waals surface area contributed by atoms with Gasteiger partial charge in [0.25, 0.3) is 0 Å². The van der Waals surface area contributed by atoms with Crippen LogP contribution in [0.5, 0.6) is 10.1 Å². The van der Waals surface area contributed by atoms with E-state index < -0.39 is 0 Å². The van der Waals surface area contributed by atoms with Gasteiger partial charge in [-0.05, 0) is 23.3 Å². The average Bonchev–Trinajstić information content (AvgIpc) is 3.34. The predicted octanol–water partition coefficient (Wildman–Crippen LogP) is 6.09. The molecule has 2 aromatic carbocycles. The first-order valence-electron chi connectivity index (χ1n) is 9.47. The Morgan fingerprint density at radius 2 is 1.03 bits per heavy atom. The van der Waals surface area contributed by atoms with Crippen LogP contribution in [0.15, 0.2) is 82.8 Å². The Morgan fingerprint density at radius 1 is 0.633 bits per heavy atom. The van der Waals surface area contributed by atoms with Gasteiger partial charge in [0.2, 0.25) is 0 Å². The van der Waals surface area contributed by atoms with Crippen molar-refractivity contribution in [3.05, 3.63) is 83.9 Å². The molecule has 4 nitrogen and oxygen atoms in total. The Balaban J connectivity index is 1.33. The Kier molecular flexibility index (Phi) is 6.37. The van der Waals surface area contributed by atoms with Gasteiger partial charge in [-0.25, -0.2) is 0 Å². The molecule has 0 amide bonds. The lowest BCUT2D eigenvalue weighted by molar-refractivity contribution is 0.489. The van der Waals surface area contributed by atoms with E-state index in [1.807, 2.05) is 72.8 Å². The number of hydrogen-bond donors (Lipinski definition) is 2. The fourth-order valence-electron chi connectivity index (χ4n) is 2.91. The van der Waals surface area contributed by atoms with E-state index in [4.69, 9.17) is 0 Å². The lowest BCUT2D eigenvalue weighted by Gasteiger charge is -1.93. The van der Waals surface area contributed by atoms with Gasteiger partial charge in [-0.1, -0.05) is 83.3 Å². The fourth-order valence-corrected chi connectivity index (χ4v) is 4.66. The lowest BCUT2D eigenvalue weighted by Crippen LogP contribution is -1.89. The van der Waals surface area contributed by atoms with Crippen molar-refractivity contribution in [2.75, 3.05) is 13.1 Å². The second-order valence-electron chi connectivity index (χ2n) is 6.54. The van der Waals surface area contributed by atoms with Crippen LogP contribution >= 0.6 is 22.7 Å². The smallest absolute Gasteiger partial charge is 0.180 e. The third-order valence-electron chi connectivity index (χ3n) is 4.42. The zero-order valence-electron chi connectivity index (χ0n) is 16.1. The van der Waals surface area contributed by atoms with E-state index in [1.54, 1.807) is 12.4 Å². The van der Waals surface area contributed by atoms with E-state index >= 15 is 0 Å². The minimum atomic E-state index is 0.262. The van der Waals surface area contributed by atoms with Crippen molar-refractivity contribution in [2.24, 2.45) is 9.98 Å². The molecule has 0 aliphatic heterocycles. The summed E-state index contributed by atoms with van der Waals surface area (Å²) in [4.78, 5) is 10.7. The molecule has 0 radical (unpaired) electrons. The first-order valence-corrected chi connectivity index (χ1v) is 11.1. The maximum Gasteiger partial charge on any atom is 0.180 e. The quantitative estimate of drug-likeness (QED) is 0.274. The fraction of sp³-hybridized carbons (Fsp3) is 0.0833. The molecule has 0 saturated carbocycles. The van der Waals surface area contributed by atoms with E-state index in [1.165, 1.54) is 22.7 Å². The summed E-state index contributed by atoms with van der Waals surface area (Å²) in [7, 11) is 0. The van der Waals surface area contributed by atoms with E-state index in [-0.39, 0.29) is 10.1 Å². The SMILES string of the molecule is Oc1sc(-c2ccccc2)cc1C=NCCN=Cc1cc(-c2ccccc2)sc1O. The maximum atomic E-state index is 10.1. The molecule has 2 N–H and O–H groups in total. The van der Waals surface area contributed by atoms with E-state index in [2.05, 4.69) is 9.98 Å². The zero-order chi connectivity index (χ0) is 20.8. The van der Waals surface area contributed by atoms with E-state index in [0.29, 0.717) is 24.2 Å². The van der Waals surface area contributed by atoms with Crippen LogP contribution < -0.4 is 0 Å². The van der Waals surface area contributed by atoms with Crippen LogP contribution in [0.1, 0.15) is 11.1 Å². The highest BCUT2D eigenvalue weighted by molar-refractivity contribution is 7.17. The number of hydrogen-bond acceptors (Lipinski definition) is 6. The molecule has 0 atom stereocenters. The summed E-state index contributed by atoms with van der Waals surface area (Å²) in [6, 6.07) is 23.8. The van der Waals surface area contributed by atoms with E-state index in [0.717, 1.165) is 20.9 Å². The first kappa shape index (κ1) is 20.1. The third kappa shape index (κ3) is 4.84. The maximum absolute atomic E-state index is 10.1. The van der Waals surface area contributed by atoms with Crippen molar-refractivity contribution in [3.63, 3.8) is 0 Å². The summed E-state index contributed by atoms with van der Waals surface area (Å²) in [6.45, 7) is 1.01. The third-order valence-corrected chi connectivity index (χ3v) is 6.42. The Labute approximate surface area is 183 Å². The Bertz CT molecular complexity index is 1070. The molecule has 0 fully saturated rings. The van der Waals surface area contributed by atoms with Gasteiger partial charge in [-0.15, -0.1) is 0 Å². The van der Waals surface area contributed by atoms with Crippen LogP contribution in [-0.4, -0.2) is 35.7 Å². The second kappa shape index (κ2) is 9.52. The van der Waals surface area contributed by atoms with Gasteiger partial charge in [0, 0.05) is 33.3 Å². The van der Waals surface area contributed by atoms with Crippen molar-refractivity contribution in [3.8, 4) is 31.0 Å². The highest BCUT2D eigenvalue weighted by atomic mass is 32.1. The minimum Gasteiger partial charge on any atom is -0.499 e. The molecule has 0 aliphatic rings. The van der Waals surface area contributed by atoms with Gasteiger partial charge in [0.05, 0.1) is 13.1 Å². The highest BCUT2D eigenvalue weighted by Gasteiger charge is 2.08. The summed E-state index contributed by atoms with van der Waals surface area (Å²) in [6.07, 6.45) is 3.37. The molecular weight excluding hydrogens is 412 g/mol. The molecule has 4 rings (SSSR count). The molecule has 0 unspecified atom stereocenters. The predicted molar refractivity (Wildman–Crippen MR) is 128 cm³/mol. The molecule has 150 valence electrons. The molecule has 6 heteroatoms. The molecule has 2 heterocycles. The van der Waals surface area contributed by atoms with Gasteiger partial charge in [0.1, 0.15) is 0 Å². The van der Waals surface area contributed by atoms with Crippen LogP contribution in [0.3, 0.4) is 0 Å². The second-order valence-corrected chi connectivity index (χ2v) is 8.61. The Morgan fingerprint density at radius 3 is 1.43 bits per heavy atom. The van der Waals surface area contributed by atoms with Crippen molar-refractivity contribution >= 4 is 35.1 Å². The van der Waals surface area contributed by atoms with Crippen LogP contribution in [0.25, 0.3) is 20.9 Å². The van der Waals surface area contributed by atoms with Crippen LogP contribution in [0.2, 0.25) is 0 Å². The monoisotopic (exact) mass is 432 g/mol. The summed E-state index contributed by atoms with van der Waals surface area (Å²) < 4.78 is 0.